The maximum atomic E-state index is 13.2. The molecule has 0 unspecified atom stereocenters. The molecule has 0 aromatic heterocycles. The Hall–Kier alpha value is -1.71. The highest BCUT2D eigenvalue weighted by Crippen LogP contribution is 2.60. The van der Waals surface area contributed by atoms with E-state index in [4.69, 9.17) is 0 Å². The summed E-state index contributed by atoms with van der Waals surface area (Å²) >= 11 is 0. The van der Waals surface area contributed by atoms with E-state index in [1.165, 1.54) is 31.4 Å². The van der Waals surface area contributed by atoms with E-state index in [0.29, 0.717) is 0 Å². The lowest BCUT2D eigenvalue weighted by atomic mass is 9.49. The minimum atomic E-state index is -0.253. The highest BCUT2D eigenvalue weighted by atomic mass is 19.1. The number of hydrazone groups is 1. The molecule has 4 bridgehead atoms. The van der Waals surface area contributed by atoms with Gasteiger partial charge in [-0.25, -0.2) is 9.82 Å². The first kappa shape index (κ1) is 16.7. The smallest absolute Gasteiger partial charge is 0.246 e. The third-order valence-electron chi connectivity index (χ3n) is 6.48. The van der Waals surface area contributed by atoms with Crippen molar-refractivity contribution in [2.45, 2.75) is 58.3 Å². The van der Waals surface area contributed by atoms with Crippen molar-refractivity contribution >= 4 is 11.6 Å². The molecule has 1 amide bonds. The van der Waals surface area contributed by atoms with E-state index in [1.54, 1.807) is 12.1 Å². The van der Waals surface area contributed by atoms with E-state index >= 15 is 0 Å². The van der Waals surface area contributed by atoms with Gasteiger partial charge < -0.3 is 0 Å². The predicted octanol–water partition coefficient (Wildman–Crippen LogP) is 4.66. The fourth-order valence-corrected chi connectivity index (χ4v) is 5.77. The van der Waals surface area contributed by atoms with Gasteiger partial charge in [0.05, 0.1) is 11.1 Å². The van der Waals surface area contributed by atoms with Crippen molar-refractivity contribution < 1.29 is 9.18 Å². The number of carbonyl (C=O) groups excluding carboxylic acids is 1. The topological polar surface area (TPSA) is 41.5 Å². The average molecular weight is 342 g/mol. The second-order valence-corrected chi connectivity index (χ2v) is 8.45. The van der Waals surface area contributed by atoms with Crippen molar-refractivity contribution in [2.24, 2.45) is 28.3 Å². The summed E-state index contributed by atoms with van der Waals surface area (Å²) < 4.78 is 13.2. The number of carbonyl (C=O) groups is 1. The molecule has 4 fully saturated rings. The van der Waals surface area contributed by atoms with E-state index in [0.717, 1.165) is 61.1 Å². The fraction of sp³-hybridized carbons (Fsp3) is 0.619. The molecule has 25 heavy (non-hydrogen) atoms. The number of hydrogen-bond acceptors (Lipinski definition) is 2. The van der Waals surface area contributed by atoms with Crippen molar-refractivity contribution in [2.75, 3.05) is 0 Å². The molecule has 0 saturated heterocycles. The SMILES string of the molecule is CCCC(=NNC(=O)C12CC3CC(CC(C3)C1)C2)c1ccc(F)cc1. The Morgan fingerprint density at radius 1 is 1.12 bits per heavy atom. The number of hydrogen-bond donors (Lipinski definition) is 1. The molecule has 1 aromatic rings. The van der Waals surface area contributed by atoms with Crippen molar-refractivity contribution in [1.29, 1.82) is 0 Å². The molecule has 1 N–H and O–H groups in total. The van der Waals surface area contributed by atoms with E-state index in [-0.39, 0.29) is 17.1 Å². The van der Waals surface area contributed by atoms with Crippen LogP contribution in [0.4, 0.5) is 4.39 Å². The van der Waals surface area contributed by atoms with Crippen LogP contribution < -0.4 is 5.43 Å². The highest BCUT2D eigenvalue weighted by molar-refractivity contribution is 6.01. The third kappa shape index (κ3) is 3.23. The Bertz CT molecular complexity index is 644. The normalized spacial score (nSPS) is 33.5. The average Bonchev–Trinajstić information content (AvgIpc) is 2.58. The largest absolute Gasteiger partial charge is 0.273 e. The Labute approximate surface area is 149 Å². The quantitative estimate of drug-likeness (QED) is 0.613. The standard InChI is InChI=1S/C21H27FN2O/c1-2-3-19(17-4-6-18(22)7-5-17)23-24-20(25)21-11-14-8-15(12-21)10-16(9-14)13-21/h4-7,14-16H,2-3,8-13H2,1H3,(H,24,25). The lowest BCUT2D eigenvalue weighted by molar-refractivity contribution is -0.146. The predicted molar refractivity (Wildman–Crippen MR) is 96.6 cm³/mol. The molecular weight excluding hydrogens is 315 g/mol. The first-order chi connectivity index (χ1) is 12.1. The summed E-state index contributed by atoms with van der Waals surface area (Å²) in [5.74, 6) is 2.09. The van der Waals surface area contributed by atoms with Gasteiger partial charge in [0.25, 0.3) is 0 Å². The summed E-state index contributed by atoms with van der Waals surface area (Å²) in [4.78, 5) is 13.0. The van der Waals surface area contributed by atoms with E-state index in [2.05, 4.69) is 17.5 Å². The number of halogens is 1. The molecule has 4 saturated carbocycles. The first-order valence-electron chi connectivity index (χ1n) is 9.71. The molecule has 134 valence electrons. The Morgan fingerprint density at radius 3 is 2.20 bits per heavy atom. The Kier molecular flexibility index (Phi) is 4.38. The van der Waals surface area contributed by atoms with E-state index < -0.39 is 0 Å². The second-order valence-electron chi connectivity index (χ2n) is 8.45. The zero-order valence-electron chi connectivity index (χ0n) is 14.9. The van der Waals surface area contributed by atoms with Gasteiger partial charge in [-0.2, -0.15) is 5.10 Å². The highest BCUT2D eigenvalue weighted by Gasteiger charge is 2.54. The molecule has 0 atom stereocenters. The van der Waals surface area contributed by atoms with Gasteiger partial charge >= 0.3 is 0 Å². The molecular formula is C21H27FN2O. The van der Waals surface area contributed by atoms with Gasteiger partial charge in [0.1, 0.15) is 5.82 Å². The lowest BCUT2D eigenvalue weighted by Gasteiger charge is -2.55. The van der Waals surface area contributed by atoms with Gasteiger partial charge in [-0.1, -0.05) is 25.5 Å². The van der Waals surface area contributed by atoms with Crippen LogP contribution in [0.2, 0.25) is 0 Å². The van der Waals surface area contributed by atoms with Crippen molar-refractivity contribution in [1.82, 2.24) is 5.43 Å². The zero-order valence-corrected chi connectivity index (χ0v) is 14.9. The monoisotopic (exact) mass is 342 g/mol. The molecule has 4 aliphatic carbocycles. The Balaban J connectivity index is 1.51. The van der Waals surface area contributed by atoms with Crippen LogP contribution in [0.5, 0.6) is 0 Å². The van der Waals surface area contributed by atoms with Gasteiger partial charge in [-0.3, -0.25) is 4.79 Å². The maximum Gasteiger partial charge on any atom is 0.246 e. The number of benzene rings is 1. The number of nitrogens with zero attached hydrogens (tertiary/aromatic N) is 1. The first-order valence-corrected chi connectivity index (χ1v) is 9.71. The number of amides is 1. The number of rotatable bonds is 5. The van der Waals surface area contributed by atoms with Crippen LogP contribution in [0.3, 0.4) is 0 Å². The minimum Gasteiger partial charge on any atom is -0.273 e. The molecule has 0 aliphatic heterocycles. The fourth-order valence-electron chi connectivity index (χ4n) is 5.77. The summed E-state index contributed by atoms with van der Waals surface area (Å²) in [5, 5.41) is 4.47. The van der Waals surface area contributed by atoms with Crippen molar-refractivity contribution in [3.05, 3.63) is 35.6 Å². The van der Waals surface area contributed by atoms with Gasteiger partial charge in [0.15, 0.2) is 0 Å². The van der Waals surface area contributed by atoms with Crippen LogP contribution in [0.1, 0.15) is 63.9 Å². The molecule has 1 aromatic carbocycles. The van der Waals surface area contributed by atoms with E-state index in [9.17, 15) is 9.18 Å². The van der Waals surface area contributed by atoms with Crippen molar-refractivity contribution in [3.63, 3.8) is 0 Å². The minimum absolute atomic E-state index is 0.113. The zero-order chi connectivity index (χ0) is 17.4. The molecule has 5 rings (SSSR count). The summed E-state index contributed by atoms with van der Waals surface area (Å²) in [5.41, 5.74) is 4.43. The van der Waals surface area contributed by atoms with E-state index in [1.807, 2.05) is 0 Å². The van der Waals surface area contributed by atoms with Crippen LogP contribution in [-0.2, 0) is 4.79 Å². The summed E-state index contributed by atoms with van der Waals surface area (Å²) in [6, 6.07) is 6.37. The van der Waals surface area contributed by atoms with Crippen LogP contribution in [0, 0.1) is 29.0 Å². The molecule has 0 heterocycles. The summed E-state index contributed by atoms with van der Waals surface area (Å²) in [6.45, 7) is 2.08. The van der Waals surface area contributed by atoms with Crippen LogP contribution >= 0.6 is 0 Å². The lowest BCUT2D eigenvalue weighted by Crippen LogP contribution is -2.52. The van der Waals surface area contributed by atoms with Gasteiger partial charge in [-0.05, 0) is 80.4 Å². The second kappa shape index (κ2) is 6.54. The summed E-state index contributed by atoms with van der Waals surface area (Å²) in [6.07, 6.45) is 8.81. The summed E-state index contributed by atoms with van der Waals surface area (Å²) in [7, 11) is 0. The van der Waals surface area contributed by atoms with Crippen LogP contribution in [-0.4, -0.2) is 11.6 Å². The van der Waals surface area contributed by atoms with Gasteiger partial charge in [0.2, 0.25) is 5.91 Å². The molecule has 3 nitrogen and oxygen atoms in total. The molecule has 4 aliphatic rings. The van der Waals surface area contributed by atoms with Crippen molar-refractivity contribution in [3.8, 4) is 0 Å². The van der Waals surface area contributed by atoms with Gasteiger partial charge in [0, 0.05) is 0 Å². The third-order valence-corrected chi connectivity index (χ3v) is 6.48. The van der Waals surface area contributed by atoms with Crippen LogP contribution in [0.15, 0.2) is 29.4 Å². The molecule has 0 radical (unpaired) electrons. The number of nitrogens with one attached hydrogen (secondary N) is 1. The van der Waals surface area contributed by atoms with Gasteiger partial charge in [-0.15, -0.1) is 0 Å². The van der Waals surface area contributed by atoms with Crippen LogP contribution in [0.25, 0.3) is 0 Å². The maximum absolute atomic E-state index is 13.2. The molecule has 0 spiro atoms. The Morgan fingerprint density at radius 2 is 1.68 bits per heavy atom. The molecule has 4 heteroatoms.